The lowest BCUT2D eigenvalue weighted by molar-refractivity contribution is -0.140. The first kappa shape index (κ1) is 21.0. The summed E-state index contributed by atoms with van der Waals surface area (Å²) in [6.07, 6.45) is 3.48. The van der Waals surface area contributed by atoms with Crippen molar-refractivity contribution in [1.29, 1.82) is 0 Å². The van der Waals surface area contributed by atoms with Gasteiger partial charge in [-0.15, -0.1) is 0 Å². The third-order valence-electron chi connectivity index (χ3n) is 6.09. The van der Waals surface area contributed by atoms with E-state index in [-0.39, 0.29) is 24.3 Å². The van der Waals surface area contributed by atoms with Crippen molar-refractivity contribution in [2.75, 3.05) is 27.8 Å². The molecule has 1 aromatic rings. The molecule has 0 unspecified atom stereocenters. The number of likely N-dealkylation sites (N-methyl/N-ethyl adjacent to an activating group) is 1. The van der Waals surface area contributed by atoms with Crippen molar-refractivity contribution >= 4 is 17.8 Å². The molecule has 2 fully saturated rings. The second-order valence-electron chi connectivity index (χ2n) is 7.88. The van der Waals surface area contributed by atoms with Gasteiger partial charge in [-0.1, -0.05) is 25.8 Å². The molecule has 1 heterocycles. The molecule has 29 heavy (non-hydrogen) atoms. The molecule has 0 radical (unpaired) electrons. The Morgan fingerprint density at radius 2 is 1.97 bits per heavy atom. The molecule has 4 amide bonds. The van der Waals surface area contributed by atoms with Crippen molar-refractivity contribution in [3.05, 3.63) is 23.8 Å². The minimum Gasteiger partial charge on any atom is -0.493 e. The Balaban J connectivity index is 1.67. The number of hydrogen-bond donors (Lipinski definition) is 1. The monoisotopic (exact) mass is 403 g/mol. The van der Waals surface area contributed by atoms with Crippen LogP contribution in [0.5, 0.6) is 11.5 Å². The quantitative estimate of drug-likeness (QED) is 0.736. The number of nitrogens with one attached hydrogen (secondary N) is 1. The number of benzene rings is 1. The van der Waals surface area contributed by atoms with Gasteiger partial charge >= 0.3 is 6.03 Å². The van der Waals surface area contributed by atoms with E-state index in [4.69, 9.17) is 9.47 Å². The zero-order valence-corrected chi connectivity index (χ0v) is 17.5. The Kier molecular flexibility index (Phi) is 6.00. The fraction of sp³-hybridized carbons (Fsp3) is 0.571. The van der Waals surface area contributed by atoms with Crippen LogP contribution in [-0.4, -0.2) is 61.0 Å². The molecule has 0 bridgehead atoms. The topological polar surface area (TPSA) is 88.2 Å². The molecule has 1 N–H and O–H groups in total. The van der Waals surface area contributed by atoms with Crippen LogP contribution in [0.15, 0.2) is 18.2 Å². The maximum Gasteiger partial charge on any atom is 0.325 e. The van der Waals surface area contributed by atoms with Gasteiger partial charge in [0.25, 0.3) is 5.91 Å². The van der Waals surface area contributed by atoms with E-state index >= 15 is 0 Å². The van der Waals surface area contributed by atoms with Crippen LogP contribution in [0, 0.1) is 5.92 Å². The van der Waals surface area contributed by atoms with Crippen molar-refractivity contribution in [3.8, 4) is 11.5 Å². The third-order valence-corrected chi connectivity index (χ3v) is 6.09. The van der Waals surface area contributed by atoms with Crippen molar-refractivity contribution in [2.24, 2.45) is 5.92 Å². The van der Waals surface area contributed by atoms with Crippen LogP contribution < -0.4 is 14.8 Å². The normalized spacial score (nSPS) is 23.9. The van der Waals surface area contributed by atoms with Crippen molar-refractivity contribution in [3.63, 3.8) is 0 Å². The first-order valence-electron chi connectivity index (χ1n) is 9.91. The van der Waals surface area contributed by atoms with Gasteiger partial charge < -0.3 is 19.7 Å². The first-order valence-corrected chi connectivity index (χ1v) is 9.91. The molecular weight excluding hydrogens is 374 g/mol. The van der Waals surface area contributed by atoms with Gasteiger partial charge in [0.15, 0.2) is 11.5 Å². The van der Waals surface area contributed by atoms with Crippen LogP contribution in [0.2, 0.25) is 0 Å². The lowest BCUT2D eigenvalue weighted by Crippen LogP contribution is -2.54. The fourth-order valence-electron chi connectivity index (χ4n) is 4.24. The van der Waals surface area contributed by atoms with Gasteiger partial charge in [0.05, 0.1) is 14.2 Å². The third kappa shape index (κ3) is 3.88. The molecule has 1 aromatic carbocycles. The van der Waals surface area contributed by atoms with Gasteiger partial charge in [-0.25, -0.2) is 4.79 Å². The lowest BCUT2D eigenvalue weighted by Gasteiger charge is -2.36. The van der Waals surface area contributed by atoms with Crippen molar-refractivity contribution in [1.82, 2.24) is 15.1 Å². The van der Waals surface area contributed by atoms with E-state index in [0.717, 1.165) is 29.7 Å². The van der Waals surface area contributed by atoms with Gasteiger partial charge in [0.2, 0.25) is 5.91 Å². The van der Waals surface area contributed by atoms with E-state index in [9.17, 15) is 14.4 Å². The zero-order valence-electron chi connectivity index (χ0n) is 17.5. The average Bonchev–Trinajstić information content (AvgIpc) is 2.94. The fourth-order valence-corrected chi connectivity index (χ4v) is 4.24. The van der Waals surface area contributed by atoms with E-state index in [1.165, 1.54) is 4.90 Å². The summed E-state index contributed by atoms with van der Waals surface area (Å²) in [6, 6.07) is 4.95. The summed E-state index contributed by atoms with van der Waals surface area (Å²) in [5.41, 5.74) is 0.00503. The maximum absolute atomic E-state index is 13.0. The highest BCUT2D eigenvalue weighted by Crippen LogP contribution is 2.38. The van der Waals surface area contributed by atoms with E-state index < -0.39 is 11.6 Å². The van der Waals surface area contributed by atoms with Gasteiger partial charge in [0, 0.05) is 13.6 Å². The van der Waals surface area contributed by atoms with Crippen LogP contribution >= 0.6 is 0 Å². The number of urea groups is 1. The summed E-state index contributed by atoms with van der Waals surface area (Å²) in [7, 11) is 4.76. The number of methoxy groups -OCH3 is 2. The van der Waals surface area contributed by atoms with Crippen LogP contribution in [0.4, 0.5) is 4.79 Å². The molecule has 1 saturated carbocycles. The van der Waals surface area contributed by atoms with Gasteiger partial charge in [-0.3, -0.25) is 14.5 Å². The standard InChI is InChI=1S/C21H29N3O5/c1-14-7-5-6-10-21(14)19(26)24(20(27)22-21)13-18(25)23(2)12-15-8-9-16(28-3)17(11-15)29-4/h8-9,11,14H,5-7,10,12-13H2,1-4H3,(H,22,27)/t14-,21+/m1/s1. The second-order valence-corrected chi connectivity index (χ2v) is 7.88. The summed E-state index contributed by atoms with van der Waals surface area (Å²) in [4.78, 5) is 40.8. The Hall–Kier alpha value is -2.77. The average molecular weight is 403 g/mol. The molecule has 2 aliphatic rings. The Morgan fingerprint density at radius 3 is 2.62 bits per heavy atom. The minimum atomic E-state index is -0.850. The number of amides is 4. The van der Waals surface area contributed by atoms with Crippen LogP contribution in [0.3, 0.4) is 0 Å². The minimum absolute atomic E-state index is 0.0669. The Labute approximate surface area is 171 Å². The number of ether oxygens (including phenoxy) is 2. The van der Waals surface area contributed by atoms with Crippen LogP contribution in [0.1, 0.15) is 38.2 Å². The summed E-state index contributed by atoms with van der Waals surface area (Å²) in [6.45, 7) is 2.05. The molecular formula is C21H29N3O5. The molecule has 1 aliphatic heterocycles. The van der Waals surface area contributed by atoms with Crippen molar-refractivity contribution in [2.45, 2.75) is 44.7 Å². The van der Waals surface area contributed by atoms with Gasteiger partial charge in [-0.05, 0) is 36.5 Å². The molecule has 2 atom stereocenters. The summed E-state index contributed by atoms with van der Waals surface area (Å²) >= 11 is 0. The van der Waals surface area contributed by atoms with Gasteiger partial charge in [0.1, 0.15) is 12.1 Å². The first-order chi connectivity index (χ1) is 13.8. The lowest BCUT2D eigenvalue weighted by atomic mass is 9.73. The molecule has 0 aromatic heterocycles. The number of nitrogens with zero attached hydrogens (tertiary/aromatic N) is 2. The highest BCUT2D eigenvalue weighted by atomic mass is 16.5. The molecule has 8 heteroatoms. The predicted octanol–water partition coefficient (Wildman–Crippen LogP) is 2.16. The number of carbonyl (C=O) groups excluding carboxylic acids is 3. The molecule has 158 valence electrons. The number of rotatable bonds is 6. The van der Waals surface area contributed by atoms with E-state index in [2.05, 4.69) is 5.32 Å². The number of imide groups is 1. The second kappa shape index (κ2) is 8.31. The maximum atomic E-state index is 13.0. The van der Waals surface area contributed by atoms with Crippen LogP contribution in [-0.2, 0) is 16.1 Å². The van der Waals surface area contributed by atoms with Gasteiger partial charge in [-0.2, -0.15) is 0 Å². The zero-order chi connectivity index (χ0) is 21.2. The highest BCUT2D eigenvalue weighted by Gasteiger charge is 2.55. The SMILES string of the molecule is COc1ccc(CN(C)C(=O)CN2C(=O)N[C@]3(CCCC[C@H]3C)C2=O)cc1OC. The van der Waals surface area contributed by atoms with E-state index in [1.54, 1.807) is 33.4 Å². The predicted molar refractivity (Wildman–Crippen MR) is 107 cm³/mol. The van der Waals surface area contributed by atoms with Crippen LogP contribution in [0.25, 0.3) is 0 Å². The number of hydrogen-bond acceptors (Lipinski definition) is 5. The van der Waals surface area contributed by atoms with Crippen molar-refractivity contribution < 1.29 is 23.9 Å². The molecule has 1 aliphatic carbocycles. The van der Waals surface area contributed by atoms with E-state index in [0.29, 0.717) is 24.5 Å². The summed E-state index contributed by atoms with van der Waals surface area (Å²) in [5.74, 6) is 0.674. The van der Waals surface area contributed by atoms with E-state index in [1.807, 2.05) is 13.0 Å². The number of carbonyl (C=O) groups is 3. The molecule has 1 saturated heterocycles. The summed E-state index contributed by atoms with van der Waals surface area (Å²) < 4.78 is 10.5. The molecule has 8 nitrogen and oxygen atoms in total. The summed E-state index contributed by atoms with van der Waals surface area (Å²) in [5, 5.41) is 2.88. The Morgan fingerprint density at radius 1 is 1.24 bits per heavy atom. The molecule has 3 rings (SSSR count). The largest absolute Gasteiger partial charge is 0.493 e. The smallest absolute Gasteiger partial charge is 0.325 e. The highest BCUT2D eigenvalue weighted by molar-refractivity contribution is 6.09. The Bertz CT molecular complexity index is 812. The molecule has 1 spiro atoms.